The maximum Gasteiger partial charge on any atom is 0.195 e. The lowest BCUT2D eigenvalue weighted by molar-refractivity contribution is 0.765. The molecule has 0 aliphatic heterocycles. The van der Waals surface area contributed by atoms with E-state index in [2.05, 4.69) is 0 Å². The first-order chi connectivity index (χ1) is 2.94. The Balaban J connectivity index is 3.54. The van der Waals surface area contributed by atoms with Crippen LogP contribution in [0.3, 0.4) is 0 Å². The average molecular weight is 163 g/mol. The number of rotatable bonds is 1. The van der Waals surface area contributed by atoms with E-state index in [1.165, 1.54) is 0 Å². The van der Waals surface area contributed by atoms with E-state index in [0.29, 0.717) is 0 Å². The summed E-state index contributed by atoms with van der Waals surface area (Å²) >= 11 is 15.5. The minimum absolute atomic E-state index is 0.921. The minimum Gasteiger partial charge on any atom is -0.312 e. The summed E-state index contributed by atoms with van der Waals surface area (Å²) < 4.78 is -1.51. The van der Waals surface area contributed by atoms with E-state index >= 15 is 0 Å². The normalized spacial score (nSPS) is 16.7. The van der Waals surface area contributed by atoms with Gasteiger partial charge in [0.15, 0.2) is 4.46 Å². The number of hydrogen-bond donors (Lipinski definition) is 2. The van der Waals surface area contributed by atoms with Crippen LogP contribution < -0.4 is 11.5 Å². The molecule has 0 fully saturated rings. The van der Waals surface area contributed by atoms with Gasteiger partial charge in [-0.05, 0) is 0 Å². The van der Waals surface area contributed by atoms with Crippen LogP contribution >= 0.6 is 34.8 Å². The summed E-state index contributed by atoms with van der Waals surface area (Å²) in [6.45, 7) is 0. The molecule has 0 spiro atoms. The third-order valence-corrected chi connectivity index (χ3v) is 1.41. The lowest BCUT2D eigenvalue weighted by Crippen LogP contribution is -2.42. The van der Waals surface area contributed by atoms with Crippen molar-refractivity contribution in [2.75, 3.05) is 0 Å². The summed E-state index contributed by atoms with van der Waals surface area (Å²) in [7, 11) is 0. The summed E-state index contributed by atoms with van der Waals surface area (Å²) in [6, 6.07) is 0. The minimum atomic E-state index is -1.51. The third kappa shape index (κ3) is 3.38. The van der Waals surface area contributed by atoms with Gasteiger partial charge in [0.25, 0.3) is 0 Å². The van der Waals surface area contributed by atoms with Crippen LogP contribution in [0.5, 0.6) is 0 Å². The molecule has 0 bridgehead atoms. The number of halogens is 3. The second-order valence-electron chi connectivity index (χ2n) is 1.08. The Morgan fingerprint density at radius 2 is 1.57 bits per heavy atom. The van der Waals surface area contributed by atoms with Crippen molar-refractivity contribution >= 4 is 34.8 Å². The summed E-state index contributed by atoms with van der Waals surface area (Å²) in [4.78, 5) is 0. The van der Waals surface area contributed by atoms with E-state index in [0.717, 1.165) is 0 Å². The van der Waals surface area contributed by atoms with Crippen molar-refractivity contribution in [2.45, 2.75) is 9.96 Å². The van der Waals surface area contributed by atoms with Gasteiger partial charge < -0.3 is 5.73 Å². The Bertz CT molecular complexity index is 56.4. The van der Waals surface area contributed by atoms with Gasteiger partial charge in [-0.25, -0.2) is 0 Å². The zero-order valence-electron chi connectivity index (χ0n) is 3.37. The molecule has 2 nitrogen and oxygen atoms in total. The molecule has 0 heterocycles. The molecular formula is C2H5Cl3N2. The zero-order chi connectivity index (χ0) is 6.08. The van der Waals surface area contributed by atoms with E-state index in [-0.39, 0.29) is 0 Å². The summed E-state index contributed by atoms with van der Waals surface area (Å²) in [5, 5.41) is 0. The molecule has 1 atom stereocenters. The molecule has 0 aromatic heterocycles. The average Bonchev–Trinajstić information content (AvgIpc) is 1.31. The quantitative estimate of drug-likeness (QED) is 0.439. The maximum absolute atomic E-state index is 5.15. The van der Waals surface area contributed by atoms with Gasteiger partial charge in [0.2, 0.25) is 0 Å². The van der Waals surface area contributed by atoms with Gasteiger partial charge in [0.1, 0.15) is 5.50 Å². The van der Waals surface area contributed by atoms with Gasteiger partial charge >= 0.3 is 0 Å². The van der Waals surface area contributed by atoms with E-state index < -0.39 is 9.96 Å². The van der Waals surface area contributed by atoms with Crippen molar-refractivity contribution in [3.63, 3.8) is 0 Å². The predicted molar refractivity (Wildman–Crippen MR) is 32.5 cm³/mol. The van der Waals surface area contributed by atoms with Crippen molar-refractivity contribution in [1.29, 1.82) is 0 Å². The van der Waals surface area contributed by atoms with E-state index in [1.807, 2.05) is 0 Å². The molecule has 44 valence electrons. The largest absolute Gasteiger partial charge is 0.312 e. The molecule has 4 N–H and O–H groups in total. The highest BCUT2D eigenvalue weighted by Crippen LogP contribution is 2.18. The van der Waals surface area contributed by atoms with E-state index in [9.17, 15) is 0 Å². The molecule has 0 saturated carbocycles. The topological polar surface area (TPSA) is 52.0 Å². The summed E-state index contributed by atoms with van der Waals surface area (Å²) in [5.41, 5.74) is 8.98. The monoisotopic (exact) mass is 162 g/mol. The van der Waals surface area contributed by atoms with Gasteiger partial charge in [0, 0.05) is 0 Å². The van der Waals surface area contributed by atoms with Crippen LogP contribution in [0.25, 0.3) is 0 Å². The number of nitrogens with two attached hydrogens (primary N) is 2. The fourth-order valence-electron chi connectivity index (χ4n) is 0. The predicted octanol–water partition coefficient (Wildman–Crippen LogP) is 0.600. The third-order valence-electron chi connectivity index (χ3n) is 0.368. The molecular weight excluding hydrogens is 158 g/mol. The van der Waals surface area contributed by atoms with Crippen molar-refractivity contribution in [2.24, 2.45) is 11.5 Å². The molecule has 0 radical (unpaired) electrons. The van der Waals surface area contributed by atoms with Crippen molar-refractivity contribution in [1.82, 2.24) is 0 Å². The highest BCUT2D eigenvalue weighted by atomic mass is 35.5. The summed E-state index contributed by atoms with van der Waals surface area (Å²) in [6.07, 6.45) is 0. The fraction of sp³-hybridized carbons (Fsp3) is 1.00. The van der Waals surface area contributed by atoms with Gasteiger partial charge in [-0.3, -0.25) is 5.73 Å². The van der Waals surface area contributed by atoms with Crippen LogP contribution in [0.15, 0.2) is 0 Å². The first-order valence-electron chi connectivity index (χ1n) is 1.51. The molecule has 0 rings (SSSR count). The Labute approximate surface area is 56.7 Å². The van der Waals surface area contributed by atoms with Crippen LogP contribution in [0.4, 0.5) is 0 Å². The Hall–Kier alpha value is 0.790. The lowest BCUT2D eigenvalue weighted by atomic mass is 10.7. The summed E-state index contributed by atoms with van der Waals surface area (Å²) in [5.74, 6) is 0. The van der Waals surface area contributed by atoms with Crippen LogP contribution in [0.2, 0.25) is 0 Å². The SMILES string of the molecule is NC(Cl)C(N)(Cl)Cl. The molecule has 0 amide bonds. The van der Waals surface area contributed by atoms with Gasteiger partial charge in [-0.15, -0.1) is 11.6 Å². The molecule has 0 aliphatic carbocycles. The molecule has 7 heavy (non-hydrogen) atoms. The van der Waals surface area contributed by atoms with Crippen molar-refractivity contribution < 1.29 is 0 Å². The molecule has 0 aliphatic rings. The van der Waals surface area contributed by atoms with Gasteiger partial charge in [-0.2, -0.15) is 0 Å². The first kappa shape index (κ1) is 7.79. The molecule has 0 aromatic carbocycles. The Morgan fingerprint density at radius 1 is 1.43 bits per heavy atom. The standard InChI is InChI=1S/C2H5Cl3N2/c3-1(6)2(4,5)7/h1H,6-7H2. The second kappa shape index (κ2) is 2.37. The number of hydrogen-bond acceptors (Lipinski definition) is 2. The second-order valence-corrected chi connectivity index (χ2v) is 2.99. The van der Waals surface area contributed by atoms with Crippen LogP contribution in [0.1, 0.15) is 0 Å². The van der Waals surface area contributed by atoms with Crippen LogP contribution in [0, 0.1) is 0 Å². The molecule has 0 aromatic rings. The van der Waals surface area contributed by atoms with Crippen LogP contribution in [-0.4, -0.2) is 9.96 Å². The fourth-order valence-corrected chi connectivity index (χ4v) is 0. The first-order valence-corrected chi connectivity index (χ1v) is 2.70. The molecule has 1 unspecified atom stereocenters. The van der Waals surface area contributed by atoms with E-state index in [1.54, 1.807) is 0 Å². The molecule has 0 saturated heterocycles. The van der Waals surface area contributed by atoms with Crippen molar-refractivity contribution in [3.05, 3.63) is 0 Å². The van der Waals surface area contributed by atoms with Crippen molar-refractivity contribution in [3.8, 4) is 0 Å². The zero-order valence-corrected chi connectivity index (χ0v) is 5.63. The highest BCUT2D eigenvalue weighted by molar-refractivity contribution is 6.51. The molecule has 5 heteroatoms. The number of alkyl halides is 3. The Morgan fingerprint density at radius 3 is 1.57 bits per heavy atom. The van der Waals surface area contributed by atoms with Crippen LogP contribution in [-0.2, 0) is 0 Å². The van der Waals surface area contributed by atoms with E-state index in [4.69, 9.17) is 46.3 Å². The van der Waals surface area contributed by atoms with Gasteiger partial charge in [0.05, 0.1) is 0 Å². The highest BCUT2D eigenvalue weighted by Gasteiger charge is 2.24. The smallest absolute Gasteiger partial charge is 0.195 e. The lowest BCUT2D eigenvalue weighted by Gasteiger charge is -2.14. The maximum atomic E-state index is 5.15. The Kier molecular flexibility index (Phi) is 2.64. The van der Waals surface area contributed by atoms with Gasteiger partial charge in [-0.1, -0.05) is 23.2 Å².